The van der Waals surface area contributed by atoms with Crippen LogP contribution in [0.3, 0.4) is 0 Å². The highest BCUT2D eigenvalue weighted by atomic mass is 35.5. The van der Waals surface area contributed by atoms with Crippen LogP contribution in [0.15, 0.2) is 24.3 Å². The van der Waals surface area contributed by atoms with Crippen molar-refractivity contribution in [1.82, 2.24) is 5.32 Å². The van der Waals surface area contributed by atoms with Crippen LogP contribution in [0.4, 0.5) is 0 Å². The van der Waals surface area contributed by atoms with Crippen LogP contribution in [0.25, 0.3) is 0 Å². The normalized spacial score (nSPS) is 11.4. The van der Waals surface area contributed by atoms with Gasteiger partial charge in [0.05, 0.1) is 6.42 Å². The molecule has 0 radical (unpaired) electrons. The molecular weight excluding hydrogens is 290 g/mol. The Morgan fingerprint density at radius 3 is 2.30 bits per heavy atom. The number of hydrogen-bond donors (Lipinski definition) is 3. The highest BCUT2D eigenvalue weighted by Crippen LogP contribution is 2.15. The van der Waals surface area contributed by atoms with Crippen molar-refractivity contribution in [2.24, 2.45) is 0 Å². The lowest BCUT2D eigenvalue weighted by Gasteiger charge is -2.12. The number of carboxylic acid groups (broad SMARTS) is 2. The van der Waals surface area contributed by atoms with Gasteiger partial charge in [0.15, 0.2) is 6.61 Å². The number of carbonyl (C=O) groups excluding carboxylic acids is 1. The molecule has 0 aliphatic carbocycles. The van der Waals surface area contributed by atoms with E-state index in [4.69, 9.17) is 26.6 Å². The summed E-state index contributed by atoms with van der Waals surface area (Å²) in [5.74, 6) is -3.09. The summed E-state index contributed by atoms with van der Waals surface area (Å²) in [5, 5.41) is 19.8. The molecule has 1 rings (SSSR count). The first-order valence-corrected chi connectivity index (χ1v) is 5.88. The summed E-state index contributed by atoms with van der Waals surface area (Å²) in [5.41, 5.74) is 0. The van der Waals surface area contributed by atoms with Crippen LogP contribution >= 0.6 is 11.6 Å². The van der Waals surface area contributed by atoms with Crippen molar-refractivity contribution in [2.45, 2.75) is 12.5 Å². The van der Waals surface area contributed by atoms with E-state index in [-0.39, 0.29) is 0 Å². The van der Waals surface area contributed by atoms with Gasteiger partial charge < -0.3 is 20.3 Å². The van der Waals surface area contributed by atoms with Crippen LogP contribution in [0.1, 0.15) is 6.42 Å². The Morgan fingerprint density at radius 2 is 1.80 bits per heavy atom. The lowest BCUT2D eigenvalue weighted by atomic mass is 10.2. The number of amides is 1. The zero-order valence-corrected chi connectivity index (χ0v) is 11.0. The van der Waals surface area contributed by atoms with Crippen molar-refractivity contribution in [3.63, 3.8) is 0 Å². The van der Waals surface area contributed by atoms with E-state index >= 15 is 0 Å². The van der Waals surface area contributed by atoms with E-state index in [1.165, 1.54) is 0 Å². The number of aliphatic carboxylic acids is 2. The molecule has 0 saturated carbocycles. The first kappa shape index (κ1) is 15.8. The van der Waals surface area contributed by atoms with E-state index in [1.54, 1.807) is 24.3 Å². The smallest absolute Gasteiger partial charge is 0.326 e. The van der Waals surface area contributed by atoms with Crippen molar-refractivity contribution in [1.29, 1.82) is 0 Å². The molecule has 0 spiro atoms. The van der Waals surface area contributed by atoms with Gasteiger partial charge in [-0.25, -0.2) is 4.79 Å². The topological polar surface area (TPSA) is 113 Å². The summed E-state index contributed by atoms with van der Waals surface area (Å²) >= 11 is 5.67. The van der Waals surface area contributed by atoms with Gasteiger partial charge in [0.25, 0.3) is 5.91 Å². The predicted octanol–water partition coefficient (Wildman–Crippen LogP) is 0.763. The fourth-order valence-corrected chi connectivity index (χ4v) is 1.42. The van der Waals surface area contributed by atoms with Crippen molar-refractivity contribution < 1.29 is 29.3 Å². The minimum Gasteiger partial charge on any atom is -0.484 e. The third-order valence-corrected chi connectivity index (χ3v) is 2.45. The van der Waals surface area contributed by atoms with Gasteiger partial charge >= 0.3 is 11.9 Å². The minimum absolute atomic E-state index is 0.384. The average molecular weight is 302 g/mol. The molecule has 0 aliphatic rings. The Hall–Kier alpha value is -2.28. The molecule has 8 heteroatoms. The lowest BCUT2D eigenvalue weighted by molar-refractivity contribution is -0.147. The molecule has 1 aromatic rings. The maximum absolute atomic E-state index is 11.5. The number of benzene rings is 1. The third kappa shape index (κ3) is 5.57. The maximum atomic E-state index is 11.5. The van der Waals surface area contributed by atoms with Gasteiger partial charge in [0, 0.05) is 5.02 Å². The maximum Gasteiger partial charge on any atom is 0.326 e. The van der Waals surface area contributed by atoms with Crippen LogP contribution in [0.2, 0.25) is 5.02 Å². The van der Waals surface area contributed by atoms with Crippen LogP contribution < -0.4 is 10.1 Å². The highest BCUT2D eigenvalue weighted by molar-refractivity contribution is 6.30. The van der Waals surface area contributed by atoms with Crippen molar-refractivity contribution in [2.75, 3.05) is 6.61 Å². The van der Waals surface area contributed by atoms with E-state index in [0.717, 1.165) is 0 Å². The highest BCUT2D eigenvalue weighted by Gasteiger charge is 2.23. The standard InChI is InChI=1S/C12H12ClNO6/c13-7-1-3-8(4-2-7)20-6-10(15)14-9(12(18)19)5-11(16)17/h1-4,9H,5-6H2,(H,14,15)(H,16,17)(H,18,19). The molecule has 1 unspecified atom stereocenters. The largest absolute Gasteiger partial charge is 0.484 e. The van der Waals surface area contributed by atoms with Crippen LogP contribution in [-0.4, -0.2) is 40.7 Å². The number of nitrogens with one attached hydrogen (secondary N) is 1. The molecular formula is C12H12ClNO6. The molecule has 1 atom stereocenters. The Kier molecular flexibility index (Phi) is 5.79. The zero-order valence-electron chi connectivity index (χ0n) is 10.2. The van der Waals surface area contributed by atoms with Gasteiger partial charge in [0.2, 0.25) is 0 Å². The average Bonchev–Trinajstić information content (AvgIpc) is 2.36. The first-order valence-electron chi connectivity index (χ1n) is 5.51. The lowest BCUT2D eigenvalue weighted by Crippen LogP contribution is -2.44. The monoisotopic (exact) mass is 301 g/mol. The summed E-state index contributed by atoms with van der Waals surface area (Å²) in [6.07, 6.45) is -0.706. The van der Waals surface area contributed by atoms with Gasteiger partial charge in [-0.15, -0.1) is 0 Å². The minimum atomic E-state index is -1.49. The van der Waals surface area contributed by atoms with Crippen LogP contribution in [0.5, 0.6) is 5.75 Å². The van der Waals surface area contributed by atoms with E-state index in [9.17, 15) is 14.4 Å². The molecule has 0 fully saturated rings. The number of ether oxygens (including phenoxy) is 1. The summed E-state index contributed by atoms with van der Waals surface area (Å²) in [4.78, 5) is 32.7. The Morgan fingerprint density at radius 1 is 1.20 bits per heavy atom. The molecule has 7 nitrogen and oxygen atoms in total. The van der Waals surface area contributed by atoms with Crippen LogP contribution in [-0.2, 0) is 14.4 Å². The summed E-state index contributed by atoms with van der Waals surface area (Å²) in [6.45, 7) is -0.426. The molecule has 1 amide bonds. The van der Waals surface area contributed by atoms with Gasteiger partial charge in [0.1, 0.15) is 11.8 Å². The van der Waals surface area contributed by atoms with Gasteiger partial charge in [-0.1, -0.05) is 11.6 Å². The molecule has 3 N–H and O–H groups in total. The van der Waals surface area contributed by atoms with Crippen LogP contribution in [0, 0.1) is 0 Å². The van der Waals surface area contributed by atoms with E-state index < -0.39 is 36.9 Å². The van der Waals surface area contributed by atoms with Gasteiger partial charge in [-0.2, -0.15) is 0 Å². The second kappa shape index (κ2) is 7.34. The number of carboxylic acids is 2. The molecule has 1 aromatic carbocycles. The third-order valence-electron chi connectivity index (χ3n) is 2.20. The van der Waals surface area contributed by atoms with Crippen molar-refractivity contribution >= 4 is 29.4 Å². The number of halogens is 1. The molecule has 20 heavy (non-hydrogen) atoms. The van der Waals surface area contributed by atoms with Crippen molar-refractivity contribution in [3.05, 3.63) is 29.3 Å². The van der Waals surface area contributed by atoms with E-state index in [2.05, 4.69) is 5.32 Å². The molecule has 0 heterocycles. The molecule has 0 aromatic heterocycles. The molecule has 0 aliphatic heterocycles. The second-order valence-electron chi connectivity index (χ2n) is 3.80. The second-order valence-corrected chi connectivity index (χ2v) is 4.24. The first-order chi connectivity index (χ1) is 9.38. The number of carbonyl (C=O) groups is 3. The quantitative estimate of drug-likeness (QED) is 0.685. The molecule has 108 valence electrons. The van der Waals surface area contributed by atoms with E-state index in [0.29, 0.717) is 10.8 Å². The van der Waals surface area contributed by atoms with E-state index in [1.807, 2.05) is 0 Å². The fourth-order valence-electron chi connectivity index (χ4n) is 1.29. The zero-order chi connectivity index (χ0) is 15.1. The Balaban J connectivity index is 2.47. The Bertz CT molecular complexity index is 501. The van der Waals surface area contributed by atoms with Gasteiger partial charge in [-0.3, -0.25) is 9.59 Å². The SMILES string of the molecule is O=C(O)CC(NC(=O)COc1ccc(Cl)cc1)C(=O)O. The fraction of sp³-hybridized carbons (Fsp3) is 0.250. The summed E-state index contributed by atoms with van der Waals surface area (Å²) in [6, 6.07) is 4.73. The van der Waals surface area contributed by atoms with Gasteiger partial charge in [-0.05, 0) is 24.3 Å². The molecule has 0 bridgehead atoms. The number of hydrogen-bond acceptors (Lipinski definition) is 4. The van der Waals surface area contributed by atoms with Crippen molar-refractivity contribution in [3.8, 4) is 5.75 Å². The summed E-state index contributed by atoms with van der Waals surface area (Å²) in [7, 11) is 0. The number of rotatable bonds is 7. The summed E-state index contributed by atoms with van der Waals surface area (Å²) < 4.78 is 5.10. The Labute approximate surface area is 119 Å². The predicted molar refractivity (Wildman–Crippen MR) is 68.8 cm³/mol. The molecule has 0 saturated heterocycles.